The van der Waals surface area contributed by atoms with Crippen LogP contribution in [-0.4, -0.2) is 20.8 Å². The number of hydrogen-bond acceptors (Lipinski definition) is 3. The summed E-state index contributed by atoms with van der Waals surface area (Å²) in [4.78, 5) is 16.1. The molecule has 3 aromatic rings. The zero-order chi connectivity index (χ0) is 16.9. The van der Waals surface area contributed by atoms with Crippen LogP contribution >= 0.6 is 11.6 Å². The predicted molar refractivity (Wildman–Crippen MR) is 88.6 cm³/mol. The van der Waals surface area contributed by atoms with Gasteiger partial charge in [-0.15, -0.1) is 0 Å². The topological polar surface area (TPSA) is 71.8 Å². The quantitative estimate of drug-likeness (QED) is 0.761. The van der Waals surface area contributed by atoms with E-state index in [-0.39, 0.29) is 11.6 Å². The van der Waals surface area contributed by atoms with Crippen LogP contribution in [0.4, 0.5) is 14.9 Å². The molecule has 0 saturated carbocycles. The second kappa shape index (κ2) is 7.10. The largest absolute Gasteiger partial charge is 0.334 e. The first kappa shape index (κ1) is 15.9. The molecule has 0 aliphatic carbocycles. The van der Waals surface area contributed by atoms with Gasteiger partial charge in [0.25, 0.3) is 0 Å². The number of carbonyl (C=O) groups is 1. The van der Waals surface area contributed by atoms with Crippen molar-refractivity contribution in [2.24, 2.45) is 0 Å². The zero-order valence-electron chi connectivity index (χ0n) is 12.4. The van der Waals surface area contributed by atoms with E-state index in [2.05, 4.69) is 20.7 Å². The molecule has 0 spiro atoms. The highest BCUT2D eigenvalue weighted by atomic mass is 35.5. The fourth-order valence-electron chi connectivity index (χ4n) is 2.01. The second-order valence-corrected chi connectivity index (χ2v) is 5.32. The molecule has 2 heterocycles. The minimum Gasteiger partial charge on any atom is -0.334 e. The van der Waals surface area contributed by atoms with E-state index in [0.717, 1.165) is 0 Å². The van der Waals surface area contributed by atoms with E-state index in [1.165, 1.54) is 18.3 Å². The third-order valence-electron chi connectivity index (χ3n) is 3.16. The minimum atomic E-state index is -0.494. The van der Waals surface area contributed by atoms with Crippen molar-refractivity contribution in [2.45, 2.75) is 6.54 Å². The monoisotopic (exact) mass is 345 g/mol. The van der Waals surface area contributed by atoms with Crippen molar-refractivity contribution < 1.29 is 9.18 Å². The first-order valence-electron chi connectivity index (χ1n) is 7.07. The Balaban J connectivity index is 1.57. The number of benzene rings is 1. The Kier molecular flexibility index (Phi) is 4.72. The van der Waals surface area contributed by atoms with Gasteiger partial charge in [-0.25, -0.2) is 18.9 Å². The lowest BCUT2D eigenvalue weighted by molar-refractivity contribution is 0.251. The van der Waals surface area contributed by atoms with Gasteiger partial charge in [-0.2, -0.15) is 5.10 Å². The Hall–Kier alpha value is -2.93. The van der Waals surface area contributed by atoms with Gasteiger partial charge < -0.3 is 10.6 Å². The van der Waals surface area contributed by atoms with E-state index in [9.17, 15) is 9.18 Å². The van der Waals surface area contributed by atoms with E-state index < -0.39 is 11.8 Å². The smallest absolute Gasteiger partial charge is 0.319 e. The summed E-state index contributed by atoms with van der Waals surface area (Å²) in [5.74, 6) is 0.152. The summed E-state index contributed by atoms with van der Waals surface area (Å²) in [7, 11) is 0. The van der Waals surface area contributed by atoms with Crippen molar-refractivity contribution in [1.29, 1.82) is 0 Å². The van der Waals surface area contributed by atoms with Gasteiger partial charge in [0, 0.05) is 12.7 Å². The molecule has 0 aliphatic heterocycles. The van der Waals surface area contributed by atoms with Crippen LogP contribution in [0, 0.1) is 5.82 Å². The number of nitrogens with one attached hydrogen (secondary N) is 2. The number of nitrogens with zero attached hydrogens (tertiary/aromatic N) is 3. The first-order chi connectivity index (χ1) is 11.6. The molecule has 0 unspecified atom stereocenters. The number of amides is 2. The molecule has 3 rings (SSSR count). The summed E-state index contributed by atoms with van der Waals surface area (Å²) in [6.07, 6.45) is 4.82. The SMILES string of the molecule is O=C(NCc1ccc(F)c(Cl)c1)Nc1cnn(-c2ccccn2)c1. The summed E-state index contributed by atoms with van der Waals surface area (Å²) in [6.45, 7) is 0.222. The van der Waals surface area contributed by atoms with E-state index in [0.29, 0.717) is 17.1 Å². The lowest BCUT2D eigenvalue weighted by Crippen LogP contribution is -2.28. The Bertz CT molecular complexity index is 853. The average molecular weight is 346 g/mol. The van der Waals surface area contributed by atoms with Gasteiger partial charge in [-0.05, 0) is 29.8 Å². The van der Waals surface area contributed by atoms with Crippen LogP contribution in [0.1, 0.15) is 5.56 Å². The molecular formula is C16H13ClFN5O. The molecule has 0 bridgehead atoms. The Labute approximate surface area is 142 Å². The Morgan fingerprint density at radius 2 is 2.17 bits per heavy atom. The highest BCUT2D eigenvalue weighted by Crippen LogP contribution is 2.16. The van der Waals surface area contributed by atoms with Crippen molar-refractivity contribution in [2.75, 3.05) is 5.32 Å². The van der Waals surface area contributed by atoms with E-state index in [1.54, 1.807) is 35.3 Å². The Morgan fingerprint density at radius 1 is 1.29 bits per heavy atom. The van der Waals surface area contributed by atoms with E-state index >= 15 is 0 Å². The molecular weight excluding hydrogens is 333 g/mol. The summed E-state index contributed by atoms with van der Waals surface area (Å²) in [5, 5.41) is 9.47. The van der Waals surface area contributed by atoms with Crippen molar-refractivity contribution in [3.63, 3.8) is 0 Å². The van der Waals surface area contributed by atoms with Crippen LogP contribution in [0.3, 0.4) is 0 Å². The molecule has 0 saturated heterocycles. The highest BCUT2D eigenvalue weighted by molar-refractivity contribution is 6.30. The van der Waals surface area contributed by atoms with Crippen LogP contribution in [0.25, 0.3) is 5.82 Å². The molecule has 1 aromatic carbocycles. The van der Waals surface area contributed by atoms with Crippen LogP contribution in [-0.2, 0) is 6.54 Å². The first-order valence-corrected chi connectivity index (χ1v) is 7.44. The van der Waals surface area contributed by atoms with Crippen LogP contribution < -0.4 is 10.6 Å². The summed E-state index contributed by atoms with van der Waals surface area (Å²) >= 11 is 5.70. The van der Waals surface area contributed by atoms with Crippen molar-refractivity contribution in [3.8, 4) is 5.82 Å². The minimum absolute atomic E-state index is 0.0198. The molecule has 0 fully saturated rings. The summed E-state index contributed by atoms with van der Waals surface area (Å²) in [6, 6.07) is 9.33. The number of urea groups is 1. The van der Waals surface area contributed by atoms with Crippen LogP contribution in [0.2, 0.25) is 5.02 Å². The number of halogens is 2. The normalized spacial score (nSPS) is 10.4. The van der Waals surface area contributed by atoms with Crippen molar-refractivity contribution in [3.05, 3.63) is 71.4 Å². The van der Waals surface area contributed by atoms with Crippen LogP contribution in [0.5, 0.6) is 0 Å². The lowest BCUT2D eigenvalue weighted by atomic mass is 10.2. The molecule has 6 nitrogen and oxygen atoms in total. The Morgan fingerprint density at radius 3 is 2.92 bits per heavy atom. The highest BCUT2D eigenvalue weighted by Gasteiger charge is 2.06. The molecule has 0 radical (unpaired) electrons. The molecule has 0 aliphatic rings. The molecule has 122 valence electrons. The molecule has 2 N–H and O–H groups in total. The van der Waals surface area contributed by atoms with Gasteiger partial charge in [0.1, 0.15) is 5.82 Å². The molecule has 2 aromatic heterocycles. The van der Waals surface area contributed by atoms with Gasteiger partial charge in [0.15, 0.2) is 5.82 Å². The molecule has 0 atom stereocenters. The average Bonchev–Trinajstić information content (AvgIpc) is 3.05. The maximum Gasteiger partial charge on any atom is 0.319 e. The molecule has 8 heteroatoms. The van der Waals surface area contributed by atoms with E-state index in [1.807, 2.05) is 6.07 Å². The van der Waals surface area contributed by atoms with Gasteiger partial charge >= 0.3 is 6.03 Å². The number of anilines is 1. The number of pyridine rings is 1. The maximum atomic E-state index is 13.1. The molecule has 2 amide bonds. The number of carbonyl (C=O) groups excluding carboxylic acids is 1. The van der Waals surface area contributed by atoms with Gasteiger partial charge in [-0.1, -0.05) is 23.7 Å². The van der Waals surface area contributed by atoms with Gasteiger partial charge in [0.05, 0.1) is 23.1 Å². The second-order valence-electron chi connectivity index (χ2n) is 4.92. The summed E-state index contributed by atoms with van der Waals surface area (Å²) in [5.41, 5.74) is 1.22. The van der Waals surface area contributed by atoms with Gasteiger partial charge in [0.2, 0.25) is 0 Å². The standard InChI is InChI=1S/C16H13ClFN5O/c17-13-7-11(4-5-14(13)18)8-20-16(24)22-12-9-21-23(10-12)15-3-1-2-6-19-15/h1-7,9-10H,8H2,(H2,20,22,24). The third kappa shape index (κ3) is 3.88. The maximum absolute atomic E-state index is 13.1. The van der Waals surface area contributed by atoms with Gasteiger partial charge in [-0.3, -0.25) is 0 Å². The fraction of sp³-hybridized carbons (Fsp3) is 0.0625. The molecule has 24 heavy (non-hydrogen) atoms. The number of rotatable bonds is 4. The summed E-state index contributed by atoms with van der Waals surface area (Å²) < 4.78 is 14.6. The van der Waals surface area contributed by atoms with Crippen LogP contribution in [0.15, 0.2) is 55.0 Å². The zero-order valence-corrected chi connectivity index (χ0v) is 13.2. The van der Waals surface area contributed by atoms with E-state index in [4.69, 9.17) is 11.6 Å². The third-order valence-corrected chi connectivity index (χ3v) is 3.45. The van der Waals surface area contributed by atoms with Crippen molar-refractivity contribution in [1.82, 2.24) is 20.1 Å². The number of hydrogen-bond donors (Lipinski definition) is 2. The predicted octanol–water partition coefficient (Wildman–Crippen LogP) is 3.38. The van der Waals surface area contributed by atoms with Crippen molar-refractivity contribution >= 4 is 23.3 Å². The number of aromatic nitrogens is 3. The lowest BCUT2D eigenvalue weighted by Gasteiger charge is -2.06. The fourth-order valence-corrected chi connectivity index (χ4v) is 2.21.